The van der Waals surface area contributed by atoms with Crippen LogP contribution in [-0.4, -0.2) is 28.7 Å². The molecule has 1 aromatic heterocycles. The van der Waals surface area contributed by atoms with Crippen molar-refractivity contribution in [1.82, 2.24) is 9.97 Å². The van der Waals surface area contributed by atoms with Crippen molar-refractivity contribution in [3.8, 4) is 5.75 Å². The molecule has 1 aromatic carbocycles. The SMILES string of the molecule is COc1ccc(N)cc1NC(=O)CSc1ccncn1. The molecule has 0 bridgehead atoms. The molecule has 0 spiro atoms. The second kappa shape index (κ2) is 6.76. The van der Waals surface area contributed by atoms with Crippen LogP contribution >= 0.6 is 11.8 Å². The third-order valence-electron chi connectivity index (χ3n) is 2.40. The molecular weight excluding hydrogens is 276 g/mol. The molecule has 1 heterocycles. The standard InChI is InChI=1S/C13H14N4O2S/c1-19-11-3-2-9(14)6-10(11)17-12(18)7-20-13-4-5-15-8-16-13/h2-6,8H,7,14H2,1H3,(H,17,18). The van der Waals surface area contributed by atoms with E-state index in [0.29, 0.717) is 17.1 Å². The third kappa shape index (κ3) is 3.86. The van der Waals surface area contributed by atoms with Gasteiger partial charge in [-0.3, -0.25) is 4.79 Å². The first-order chi connectivity index (χ1) is 9.69. The topological polar surface area (TPSA) is 90.1 Å². The van der Waals surface area contributed by atoms with Gasteiger partial charge in [0.05, 0.1) is 23.6 Å². The largest absolute Gasteiger partial charge is 0.495 e. The molecule has 0 aliphatic rings. The normalized spacial score (nSPS) is 10.1. The van der Waals surface area contributed by atoms with Gasteiger partial charge in [-0.15, -0.1) is 0 Å². The third-order valence-corrected chi connectivity index (χ3v) is 3.35. The maximum Gasteiger partial charge on any atom is 0.234 e. The zero-order chi connectivity index (χ0) is 14.4. The Balaban J connectivity index is 1.96. The first-order valence-corrected chi connectivity index (χ1v) is 6.80. The van der Waals surface area contributed by atoms with Crippen LogP contribution in [0.5, 0.6) is 5.75 Å². The van der Waals surface area contributed by atoms with E-state index in [1.54, 1.807) is 30.5 Å². The number of rotatable bonds is 5. The van der Waals surface area contributed by atoms with Crippen molar-refractivity contribution < 1.29 is 9.53 Å². The fourth-order valence-corrected chi connectivity index (χ4v) is 2.14. The van der Waals surface area contributed by atoms with Crippen molar-refractivity contribution in [2.45, 2.75) is 5.03 Å². The van der Waals surface area contributed by atoms with Crippen molar-refractivity contribution in [3.05, 3.63) is 36.8 Å². The van der Waals surface area contributed by atoms with E-state index in [1.807, 2.05) is 0 Å². The summed E-state index contributed by atoms with van der Waals surface area (Å²) < 4.78 is 5.17. The Bertz CT molecular complexity index is 592. The van der Waals surface area contributed by atoms with E-state index in [-0.39, 0.29) is 11.7 Å². The summed E-state index contributed by atoms with van der Waals surface area (Å²) in [6, 6.07) is 6.83. The lowest BCUT2D eigenvalue weighted by Crippen LogP contribution is -2.15. The van der Waals surface area contributed by atoms with E-state index in [9.17, 15) is 4.79 Å². The molecule has 104 valence electrons. The minimum Gasteiger partial charge on any atom is -0.495 e. The summed E-state index contributed by atoms with van der Waals surface area (Å²) in [4.78, 5) is 19.7. The van der Waals surface area contributed by atoms with Crippen LogP contribution in [-0.2, 0) is 4.79 Å². The first kappa shape index (κ1) is 14.1. The molecule has 7 heteroatoms. The molecule has 2 rings (SSSR count). The van der Waals surface area contributed by atoms with Gasteiger partial charge in [-0.2, -0.15) is 0 Å². The molecule has 1 amide bonds. The Morgan fingerprint density at radius 3 is 3.00 bits per heavy atom. The number of carbonyl (C=O) groups is 1. The molecule has 0 radical (unpaired) electrons. The highest BCUT2D eigenvalue weighted by Gasteiger charge is 2.09. The van der Waals surface area contributed by atoms with Crippen LogP contribution < -0.4 is 15.8 Å². The summed E-state index contributed by atoms with van der Waals surface area (Å²) in [5, 5.41) is 3.51. The predicted octanol–water partition coefficient (Wildman–Crippen LogP) is 1.80. The van der Waals surface area contributed by atoms with E-state index in [0.717, 1.165) is 5.03 Å². The van der Waals surface area contributed by atoms with Crippen LogP contribution in [0.15, 0.2) is 41.8 Å². The molecule has 0 saturated heterocycles. The summed E-state index contributed by atoms with van der Waals surface area (Å²) in [5.74, 6) is 0.659. The van der Waals surface area contributed by atoms with Gasteiger partial charge in [0.1, 0.15) is 12.1 Å². The molecule has 0 aliphatic carbocycles. The van der Waals surface area contributed by atoms with Crippen molar-refractivity contribution in [1.29, 1.82) is 0 Å². The van der Waals surface area contributed by atoms with Gasteiger partial charge < -0.3 is 15.8 Å². The molecule has 3 N–H and O–H groups in total. The molecule has 0 atom stereocenters. The van der Waals surface area contributed by atoms with E-state index in [1.165, 1.54) is 25.2 Å². The maximum absolute atomic E-state index is 11.9. The summed E-state index contributed by atoms with van der Waals surface area (Å²) in [6.07, 6.45) is 3.08. The number of anilines is 2. The van der Waals surface area contributed by atoms with E-state index >= 15 is 0 Å². The Morgan fingerprint density at radius 1 is 1.45 bits per heavy atom. The van der Waals surface area contributed by atoms with E-state index in [4.69, 9.17) is 10.5 Å². The number of nitrogens with zero attached hydrogens (tertiary/aromatic N) is 2. The van der Waals surface area contributed by atoms with Crippen molar-refractivity contribution >= 4 is 29.0 Å². The first-order valence-electron chi connectivity index (χ1n) is 5.81. The Labute approximate surface area is 120 Å². The van der Waals surface area contributed by atoms with Crippen LogP contribution in [0.3, 0.4) is 0 Å². The highest BCUT2D eigenvalue weighted by atomic mass is 32.2. The smallest absolute Gasteiger partial charge is 0.234 e. The number of carbonyl (C=O) groups excluding carboxylic acids is 1. The predicted molar refractivity (Wildman–Crippen MR) is 78.8 cm³/mol. The highest BCUT2D eigenvalue weighted by molar-refractivity contribution is 7.99. The number of nitrogen functional groups attached to an aromatic ring is 1. The molecule has 2 aromatic rings. The number of amides is 1. The fourth-order valence-electron chi connectivity index (χ4n) is 1.51. The second-order valence-corrected chi connectivity index (χ2v) is 4.84. The van der Waals surface area contributed by atoms with Gasteiger partial charge in [0.25, 0.3) is 0 Å². The van der Waals surface area contributed by atoms with E-state index < -0.39 is 0 Å². The van der Waals surface area contributed by atoms with Crippen LogP contribution in [0.2, 0.25) is 0 Å². The van der Waals surface area contributed by atoms with Crippen molar-refractivity contribution in [2.24, 2.45) is 0 Å². The monoisotopic (exact) mass is 290 g/mol. The lowest BCUT2D eigenvalue weighted by atomic mass is 10.2. The van der Waals surface area contributed by atoms with Crippen molar-refractivity contribution in [2.75, 3.05) is 23.9 Å². The Morgan fingerprint density at radius 2 is 2.30 bits per heavy atom. The number of hydrogen-bond donors (Lipinski definition) is 2. The van der Waals surface area contributed by atoms with Crippen molar-refractivity contribution in [3.63, 3.8) is 0 Å². The van der Waals surface area contributed by atoms with Gasteiger partial charge >= 0.3 is 0 Å². The highest BCUT2D eigenvalue weighted by Crippen LogP contribution is 2.26. The van der Waals surface area contributed by atoms with Gasteiger partial charge in [0.2, 0.25) is 5.91 Å². The maximum atomic E-state index is 11.9. The molecule has 20 heavy (non-hydrogen) atoms. The second-order valence-electron chi connectivity index (χ2n) is 3.84. The minimum absolute atomic E-state index is 0.155. The Kier molecular flexibility index (Phi) is 4.78. The number of ether oxygens (including phenoxy) is 1. The summed E-state index contributed by atoms with van der Waals surface area (Å²) in [7, 11) is 1.54. The lowest BCUT2D eigenvalue weighted by Gasteiger charge is -2.10. The number of benzene rings is 1. The summed E-state index contributed by atoms with van der Waals surface area (Å²) in [5.41, 5.74) is 6.81. The van der Waals surface area contributed by atoms with Gasteiger partial charge in [-0.1, -0.05) is 11.8 Å². The number of nitrogens with one attached hydrogen (secondary N) is 1. The van der Waals surface area contributed by atoms with Crippen LogP contribution in [0.4, 0.5) is 11.4 Å². The van der Waals surface area contributed by atoms with Gasteiger partial charge in [-0.25, -0.2) is 9.97 Å². The van der Waals surface area contributed by atoms with Crippen LogP contribution in [0.1, 0.15) is 0 Å². The van der Waals surface area contributed by atoms with E-state index in [2.05, 4.69) is 15.3 Å². The molecular formula is C13H14N4O2S. The summed E-state index contributed by atoms with van der Waals surface area (Å²) in [6.45, 7) is 0. The average molecular weight is 290 g/mol. The number of hydrogen-bond acceptors (Lipinski definition) is 6. The lowest BCUT2D eigenvalue weighted by molar-refractivity contribution is -0.113. The number of aromatic nitrogens is 2. The number of nitrogens with two attached hydrogens (primary N) is 1. The van der Waals surface area contributed by atoms with Crippen LogP contribution in [0.25, 0.3) is 0 Å². The van der Waals surface area contributed by atoms with Gasteiger partial charge in [0.15, 0.2) is 0 Å². The molecule has 0 saturated carbocycles. The Hall–Kier alpha value is -2.28. The minimum atomic E-state index is -0.155. The summed E-state index contributed by atoms with van der Waals surface area (Å²) >= 11 is 1.33. The molecule has 6 nitrogen and oxygen atoms in total. The fraction of sp³-hybridized carbons (Fsp3) is 0.154. The zero-order valence-corrected chi connectivity index (χ0v) is 11.7. The number of methoxy groups -OCH3 is 1. The zero-order valence-electron chi connectivity index (χ0n) is 10.9. The number of thioether (sulfide) groups is 1. The van der Waals surface area contributed by atoms with Gasteiger partial charge in [0, 0.05) is 11.9 Å². The average Bonchev–Trinajstić information content (AvgIpc) is 2.46. The quantitative estimate of drug-likeness (QED) is 0.496. The van der Waals surface area contributed by atoms with Crippen LogP contribution in [0, 0.1) is 0 Å². The molecule has 0 unspecified atom stereocenters. The molecule has 0 aliphatic heterocycles. The molecule has 0 fully saturated rings. The van der Waals surface area contributed by atoms with Gasteiger partial charge in [-0.05, 0) is 24.3 Å².